The molecule has 1 aromatic heterocycles. The number of hydrogen-bond donors (Lipinski definition) is 2. The SMILES string of the molecule is Cc1cc(NC(=O)c2ccnnc2)ccc1C(N)=O. The van der Waals surface area contributed by atoms with Crippen molar-refractivity contribution in [1.82, 2.24) is 10.2 Å². The fraction of sp³-hybridized carbons (Fsp3) is 0.0769. The summed E-state index contributed by atoms with van der Waals surface area (Å²) in [6, 6.07) is 6.46. The predicted octanol–water partition coefficient (Wildman–Crippen LogP) is 1.14. The number of carbonyl (C=O) groups is 2. The molecule has 0 atom stereocenters. The highest BCUT2D eigenvalue weighted by Gasteiger charge is 2.09. The first-order valence-electron chi connectivity index (χ1n) is 5.56. The van der Waals surface area contributed by atoms with Gasteiger partial charge in [0.2, 0.25) is 5.91 Å². The van der Waals surface area contributed by atoms with Crippen LogP contribution >= 0.6 is 0 Å². The van der Waals surface area contributed by atoms with Crippen LogP contribution in [0.3, 0.4) is 0 Å². The second kappa shape index (κ2) is 5.26. The van der Waals surface area contributed by atoms with Crippen molar-refractivity contribution >= 4 is 17.5 Å². The molecular formula is C13H12N4O2. The Hall–Kier alpha value is -2.76. The van der Waals surface area contributed by atoms with Crippen LogP contribution in [0.15, 0.2) is 36.7 Å². The van der Waals surface area contributed by atoms with Crippen molar-refractivity contribution in [3.63, 3.8) is 0 Å². The molecule has 0 unspecified atom stereocenters. The van der Waals surface area contributed by atoms with Crippen molar-refractivity contribution in [2.75, 3.05) is 5.32 Å². The quantitative estimate of drug-likeness (QED) is 0.860. The zero-order valence-corrected chi connectivity index (χ0v) is 10.3. The summed E-state index contributed by atoms with van der Waals surface area (Å²) >= 11 is 0. The van der Waals surface area contributed by atoms with E-state index in [2.05, 4.69) is 15.5 Å². The van der Waals surface area contributed by atoms with E-state index in [1.165, 1.54) is 12.4 Å². The summed E-state index contributed by atoms with van der Waals surface area (Å²) < 4.78 is 0. The fourth-order valence-electron chi connectivity index (χ4n) is 1.65. The maximum atomic E-state index is 11.9. The Balaban J connectivity index is 2.19. The molecule has 0 fully saturated rings. The zero-order chi connectivity index (χ0) is 13.8. The smallest absolute Gasteiger partial charge is 0.257 e. The standard InChI is InChI=1S/C13H12N4O2/c1-8-6-10(2-3-11(8)12(14)18)17-13(19)9-4-5-15-16-7-9/h2-7H,1H3,(H2,14,18)(H,17,19). The van der Waals surface area contributed by atoms with Crippen molar-refractivity contribution in [1.29, 1.82) is 0 Å². The molecule has 0 saturated carbocycles. The molecule has 0 radical (unpaired) electrons. The van der Waals surface area contributed by atoms with E-state index in [4.69, 9.17) is 5.73 Å². The summed E-state index contributed by atoms with van der Waals surface area (Å²) in [4.78, 5) is 23.0. The van der Waals surface area contributed by atoms with Gasteiger partial charge < -0.3 is 11.1 Å². The number of anilines is 1. The average Bonchev–Trinajstić information content (AvgIpc) is 2.39. The van der Waals surface area contributed by atoms with Crippen LogP contribution in [0.1, 0.15) is 26.3 Å². The molecule has 0 saturated heterocycles. The lowest BCUT2D eigenvalue weighted by Crippen LogP contribution is -2.15. The number of nitrogens with one attached hydrogen (secondary N) is 1. The Morgan fingerprint density at radius 2 is 2.00 bits per heavy atom. The summed E-state index contributed by atoms with van der Waals surface area (Å²) in [5.74, 6) is -0.783. The summed E-state index contributed by atoms with van der Waals surface area (Å²) in [6.45, 7) is 1.75. The summed E-state index contributed by atoms with van der Waals surface area (Å²) in [7, 11) is 0. The van der Waals surface area contributed by atoms with Gasteiger partial charge in [-0.1, -0.05) is 0 Å². The number of amides is 2. The Morgan fingerprint density at radius 3 is 2.58 bits per heavy atom. The molecule has 6 nitrogen and oxygen atoms in total. The highest BCUT2D eigenvalue weighted by molar-refractivity contribution is 6.04. The minimum Gasteiger partial charge on any atom is -0.366 e. The molecule has 2 amide bonds. The number of aryl methyl sites for hydroxylation is 1. The maximum Gasteiger partial charge on any atom is 0.257 e. The van der Waals surface area contributed by atoms with E-state index in [0.717, 1.165) is 0 Å². The molecule has 6 heteroatoms. The number of primary amides is 1. The first-order chi connectivity index (χ1) is 9.08. The largest absolute Gasteiger partial charge is 0.366 e. The van der Waals surface area contributed by atoms with Gasteiger partial charge in [-0.25, -0.2) is 0 Å². The molecule has 0 spiro atoms. The first-order valence-corrected chi connectivity index (χ1v) is 5.56. The monoisotopic (exact) mass is 256 g/mol. The third-order valence-corrected chi connectivity index (χ3v) is 2.60. The van der Waals surface area contributed by atoms with Crippen molar-refractivity contribution in [2.24, 2.45) is 5.73 Å². The van der Waals surface area contributed by atoms with Gasteiger partial charge in [-0.2, -0.15) is 10.2 Å². The lowest BCUT2D eigenvalue weighted by molar-refractivity contribution is 0.0997. The second-order valence-corrected chi connectivity index (χ2v) is 3.98. The molecule has 0 aliphatic rings. The summed E-state index contributed by atoms with van der Waals surface area (Å²) in [6.07, 6.45) is 2.82. The van der Waals surface area contributed by atoms with Crippen LogP contribution in [0, 0.1) is 6.92 Å². The van der Waals surface area contributed by atoms with E-state index in [1.54, 1.807) is 31.2 Å². The van der Waals surface area contributed by atoms with Gasteiger partial charge >= 0.3 is 0 Å². The molecule has 0 bridgehead atoms. The lowest BCUT2D eigenvalue weighted by Gasteiger charge is -2.07. The highest BCUT2D eigenvalue weighted by atomic mass is 16.2. The molecular weight excluding hydrogens is 244 g/mol. The number of hydrogen-bond acceptors (Lipinski definition) is 4. The van der Waals surface area contributed by atoms with Crippen LogP contribution < -0.4 is 11.1 Å². The number of nitrogens with zero attached hydrogens (tertiary/aromatic N) is 2. The molecule has 3 N–H and O–H groups in total. The normalized spacial score (nSPS) is 9.95. The molecule has 0 aliphatic carbocycles. The van der Waals surface area contributed by atoms with E-state index in [-0.39, 0.29) is 5.91 Å². The van der Waals surface area contributed by atoms with Gasteiger partial charge in [-0.3, -0.25) is 9.59 Å². The van der Waals surface area contributed by atoms with Gasteiger partial charge in [0.1, 0.15) is 0 Å². The number of benzene rings is 1. The van der Waals surface area contributed by atoms with Gasteiger partial charge in [0.05, 0.1) is 18.0 Å². The maximum absolute atomic E-state index is 11.9. The molecule has 2 aromatic rings. The van der Waals surface area contributed by atoms with E-state index in [1.807, 2.05) is 0 Å². The third kappa shape index (κ3) is 2.92. The highest BCUT2D eigenvalue weighted by Crippen LogP contribution is 2.15. The lowest BCUT2D eigenvalue weighted by atomic mass is 10.1. The fourth-order valence-corrected chi connectivity index (χ4v) is 1.65. The van der Waals surface area contributed by atoms with Crippen LogP contribution in [0.5, 0.6) is 0 Å². The van der Waals surface area contributed by atoms with Crippen LogP contribution in [0.4, 0.5) is 5.69 Å². The van der Waals surface area contributed by atoms with E-state index in [0.29, 0.717) is 22.4 Å². The van der Waals surface area contributed by atoms with Gasteiger partial charge in [0.25, 0.3) is 5.91 Å². The summed E-state index contributed by atoms with van der Waals surface area (Å²) in [5.41, 5.74) is 7.35. The van der Waals surface area contributed by atoms with Crippen molar-refractivity contribution in [3.8, 4) is 0 Å². The minimum absolute atomic E-state index is 0.291. The Morgan fingerprint density at radius 1 is 1.21 bits per heavy atom. The van der Waals surface area contributed by atoms with Gasteiger partial charge in [0, 0.05) is 11.3 Å². The predicted molar refractivity (Wildman–Crippen MR) is 69.7 cm³/mol. The number of rotatable bonds is 3. The van der Waals surface area contributed by atoms with E-state index < -0.39 is 5.91 Å². The van der Waals surface area contributed by atoms with Gasteiger partial charge in [-0.05, 0) is 36.8 Å². The van der Waals surface area contributed by atoms with Crippen LogP contribution in [-0.4, -0.2) is 22.0 Å². The zero-order valence-electron chi connectivity index (χ0n) is 10.3. The molecule has 1 heterocycles. The van der Waals surface area contributed by atoms with E-state index >= 15 is 0 Å². The average molecular weight is 256 g/mol. The third-order valence-electron chi connectivity index (χ3n) is 2.60. The Labute approximate surface area is 109 Å². The van der Waals surface area contributed by atoms with Crippen molar-refractivity contribution < 1.29 is 9.59 Å². The number of carbonyl (C=O) groups excluding carboxylic acids is 2. The van der Waals surface area contributed by atoms with Crippen molar-refractivity contribution in [2.45, 2.75) is 6.92 Å². The molecule has 96 valence electrons. The van der Waals surface area contributed by atoms with Crippen LogP contribution in [0.2, 0.25) is 0 Å². The van der Waals surface area contributed by atoms with E-state index in [9.17, 15) is 9.59 Å². The molecule has 2 rings (SSSR count). The van der Waals surface area contributed by atoms with Crippen LogP contribution in [0.25, 0.3) is 0 Å². The van der Waals surface area contributed by atoms with Crippen LogP contribution in [-0.2, 0) is 0 Å². The van der Waals surface area contributed by atoms with Gasteiger partial charge in [-0.15, -0.1) is 0 Å². The second-order valence-electron chi connectivity index (χ2n) is 3.98. The number of aromatic nitrogens is 2. The molecule has 1 aromatic carbocycles. The minimum atomic E-state index is -0.492. The Kier molecular flexibility index (Phi) is 3.51. The topological polar surface area (TPSA) is 98.0 Å². The molecule has 19 heavy (non-hydrogen) atoms. The summed E-state index contributed by atoms with van der Waals surface area (Å²) in [5, 5.41) is 9.94. The number of nitrogens with two attached hydrogens (primary N) is 1. The first kappa shape index (κ1) is 12.7. The van der Waals surface area contributed by atoms with Gasteiger partial charge in [0.15, 0.2) is 0 Å². The Bertz CT molecular complexity index is 626. The molecule has 0 aliphatic heterocycles. The van der Waals surface area contributed by atoms with Crippen molar-refractivity contribution in [3.05, 3.63) is 53.3 Å².